The van der Waals surface area contributed by atoms with Crippen LogP contribution in [-0.4, -0.2) is 62.2 Å². The van der Waals surface area contributed by atoms with Gasteiger partial charge >= 0.3 is 0 Å². The monoisotopic (exact) mass is 574 g/mol. The molecule has 1 heterocycles. The van der Waals surface area contributed by atoms with Gasteiger partial charge in [0.05, 0.1) is 37.6 Å². The number of benzene rings is 3. The topological polar surface area (TPSA) is 139 Å². The Hall–Kier alpha value is -4.58. The number of anilines is 2. The van der Waals surface area contributed by atoms with Crippen molar-refractivity contribution in [1.29, 1.82) is 0 Å². The third-order valence-corrected chi connectivity index (χ3v) is 6.18. The maximum absolute atomic E-state index is 6.45. The molecule has 0 amide bonds. The molecular weight excluding hydrogens is 536 g/mol. The fourth-order valence-corrected chi connectivity index (χ4v) is 4.20. The number of hydrogen-bond acceptors (Lipinski definition) is 11. The number of methoxy groups -OCH3 is 2. The second-order valence-corrected chi connectivity index (χ2v) is 9.22. The van der Waals surface area contributed by atoms with Crippen LogP contribution in [0.25, 0.3) is 16.6 Å². The molecule has 11 heteroatoms. The highest BCUT2D eigenvalue weighted by molar-refractivity contribution is 5.93. The standard InChI is InChI=1S/C31H38N6O5/c1-4-40-28-11-6-5-8-23(28)19-37(33)20-26(32)22-9-7-10-24(16-22)36-31-25-17-29(41-14-12-38-2)30(42-15-13-39-3)18-27(25)34-21-35-31/h5-11,16-18,20-21H,4,12-15,19,32-33H2,1-3H3,(H,34,35,36)/b26-20-. The van der Waals surface area contributed by atoms with Gasteiger partial charge in [-0.3, -0.25) is 0 Å². The predicted molar refractivity (Wildman–Crippen MR) is 164 cm³/mol. The number of hydrazine groups is 1. The summed E-state index contributed by atoms with van der Waals surface area (Å²) in [6, 6.07) is 19.2. The molecule has 0 aliphatic rings. The van der Waals surface area contributed by atoms with E-state index in [1.807, 2.05) is 67.6 Å². The average Bonchev–Trinajstić information content (AvgIpc) is 2.99. The number of rotatable bonds is 16. The summed E-state index contributed by atoms with van der Waals surface area (Å²) in [5.41, 5.74) is 10.2. The molecular formula is C31H38N6O5. The molecule has 0 aliphatic carbocycles. The minimum atomic E-state index is 0.363. The summed E-state index contributed by atoms with van der Waals surface area (Å²) in [5, 5.41) is 5.69. The van der Waals surface area contributed by atoms with E-state index in [9.17, 15) is 0 Å². The molecule has 0 fully saturated rings. The number of aromatic nitrogens is 2. The van der Waals surface area contributed by atoms with Gasteiger partial charge in [0.25, 0.3) is 0 Å². The average molecular weight is 575 g/mol. The number of nitrogens with zero attached hydrogens (tertiary/aromatic N) is 3. The molecule has 0 radical (unpaired) electrons. The molecule has 0 atom stereocenters. The summed E-state index contributed by atoms with van der Waals surface area (Å²) >= 11 is 0. The van der Waals surface area contributed by atoms with Crippen molar-refractivity contribution in [3.8, 4) is 17.2 Å². The Morgan fingerprint density at radius 1 is 0.857 bits per heavy atom. The molecule has 4 rings (SSSR count). The SMILES string of the molecule is CCOc1ccccc1CN(N)/C=C(\N)c1cccc(Nc2ncnc3cc(OCCOC)c(OCCOC)cc23)c1. The van der Waals surface area contributed by atoms with Crippen LogP contribution < -0.4 is 31.1 Å². The van der Waals surface area contributed by atoms with Crippen LogP contribution in [0.1, 0.15) is 18.1 Å². The fraction of sp³-hybridized carbons (Fsp3) is 0.290. The minimum Gasteiger partial charge on any atom is -0.494 e. The van der Waals surface area contributed by atoms with Crippen LogP contribution in [0.2, 0.25) is 0 Å². The molecule has 5 N–H and O–H groups in total. The summed E-state index contributed by atoms with van der Waals surface area (Å²) in [6.07, 6.45) is 3.20. The first-order valence-electron chi connectivity index (χ1n) is 13.6. The first-order valence-corrected chi connectivity index (χ1v) is 13.6. The molecule has 4 aromatic rings. The van der Waals surface area contributed by atoms with E-state index in [1.165, 1.54) is 6.33 Å². The molecule has 42 heavy (non-hydrogen) atoms. The van der Waals surface area contributed by atoms with E-state index in [-0.39, 0.29) is 0 Å². The number of nitrogens with two attached hydrogens (primary N) is 2. The molecule has 0 spiro atoms. The second kappa shape index (κ2) is 15.4. The highest BCUT2D eigenvalue weighted by Crippen LogP contribution is 2.35. The van der Waals surface area contributed by atoms with E-state index in [0.29, 0.717) is 68.1 Å². The Kier molecular flexibility index (Phi) is 11.2. The van der Waals surface area contributed by atoms with E-state index in [4.69, 9.17) is 35.3 Å². The van der Waals surface area contributed by atoms with Crippen LogP contribution in [-0.2, 0) is 16.0 Å². The van der Waals surface area contributed by atoms with Crippen molar-refractivity contribution in [3.63, 3.8) is 0 Å². The molecule has 0 bridgehead atoms. The van der Waals surface area contributed by atoms with Gasteiger partial charge in [-0.25, -0.2) is 15.8 Å². The number of para-hydroxylation sites is 1. The normalized spacial score (nSPS) is 11.4. The van der Waals surface area contributed by atoms with Gasteiger partial charge in [0.2, 0.25) is 0 Å². The summed E-state index contributed by atoms with van der Waals surface area (Å²) in [6.45, 7) is 4.59. The Labute approximate surface area is 246 Å². The largest absolute Gasteiger partial charge is 0.494 e. The van der Waals surface area contributed by atoms with Gasteiger partial charge in [-0.1, -0.05) is 30.3 Å². The third-order valence-electron chi connectivity index (χ3n) is 6.18. The van der Waals surface area contributed by atoms with Crippen LogP contribution in [0.4, 0.5) is 11.5 Å². The first-order chi connectivity index (χ1) is 20.5. The number of fused-ring (bicyclic) bond motifs is 1. The van der Waals surface area contributed by atoms with Crippen LogP contribution in [0, 0.1) is 0 Å². The van der Waals surface area contributed by atoms with Crippen molar-refractivity contribution in [2.75, 3.05) is 52.6 Å². The predicted octanol–water partition coefficient (Wildman–Crippen LogP) is 4.46. The lowest BCUT2D eigenvalue weighted by Gasteiger charge is -2.18. The molecule has 0 aliphatic heterocycles. The van der Waals surface area contributed by atoms with Crippen molar-refractivity contribution < 1.29 is 23.7 Å². The van der Waals surface area contributed by atoms with Crippen molar-refractivity contribution >= 4 is 28.1 Å². The number of ether oxygens (including phenoxy) is 5. The Bertz CT molecular complexity index is 1480. The summed E-state index contributed by atoms with van der Waals surface area (Å²) in [5.74, 6) is 8.82. The molecule has 11 nitrogen and oxygen atoms in total. The third kappa shape index (κ3) is 8.23. The Balaban J connectivity index is 1.55. The van der Waals surface area contributed by atoms with Crippen LogP contribution >= 0.6 is 0 Å². The van der Waals surface area contributed by atoms with Gasteiger partial charge in [-0.2, -0.15) is 0 Å². The summed E-state index contributed by atoms with van der Waals surface area (Å²) in [7, 11) is 3.25. The van der Waals surface area contributed by atoms with E-state index < -0.39 is 0 Å². The highest BCUT2D eigenvalue weighted by atomic mass is 16.5. The Morgan fingerprint density at radius 2 is 1.60 bits per heavy atom. The van der Waals surface area contributed by atoms with E-state index in [1.54, 1.807) is 25.4 Å². The maximum Gasteiger partial charge on any atom is 0.163 e. The minimum absolute atomic E-state index is 0.363. The molecule has 0 saturated carbocycles. The van der Waals surface area contributed by atoms with Gasteiger partial charge in [-0.15, -0.1) is 0 Å². The van der Waals surface area contributed by atoms with E-state index in [2.05, 4.69) is 15.3 Å². The lowest BCUT2D eigenvalue weighted by Crippen LogP contribution is -2.26. The van der Waals surface area contributed by atoms with E-state index >= 15 is 0 Å². The molecule has 1 aromatic heterocycles. The smallest absolute Gasteiger partial charge is 0.163 e. The van der Waals surface area contributed by atoms with Crippen LogP contribution in [0.15, 0.2) is 73.2 Å². The summed E-state index contributed by atoms with van der Waals surface area (Å²) < 4.78 is 27.8. The van der Waals surface area contributed by atoms with Crippen molar-refractivity contribution in [1.82, 2.24) is 15.0 Å². The zero-order valence-electron chi connectivity index (χ0n) is 24.2. The number of nitrogens with one attached hydrogen (secondary N) is 1. The van der Waals surface area contributed by atoms with Crippen molar-refractivity contribution in [2.45, 2.75) is 13.5 Å². The molecule has 0 unspecified atom stereocenters. The Morgan fingerprint density at radius 3 is 2.33 bits per heavy atom. The van der Waals surface area contributed by atoms with Crippen LogP contribution in [0.5, 0.6) is 17.2 Å². The molecule has 222 valence electrons. The zero-order chi connectivity index (χ0) is 29.7. The lowest BCUT2D eigenvalue weighted by molar-refractivity contribution is 0.132. The van der Waals surface area contributed by atoms with Gasteiger partial charge in [0.15, 0.2) is 11.5 Å². The summed E-state index contributed by atoms with van der Waals surface area (Å²) in [4.78, 5) is 8.93. The first kappa shape index (κ1) is 30.4. The van der Waals surface area contributed by atoms with Gasteiger partial charge in [0, 0.05) is 48.7 Å². The lowest BCUT2D eigenvalue weighted by atomic mass is 10.1. The van der Waals surface area contributed by atoms with Crippen molar-refractivity contribution in [2.24, 2.45) is 11.6 Å². The van der Waals surface area contributed by atoms with Gasteiger partial charge in [-0.05, 0) is 31.2 Å². The highest BCUT2D eigenvalue weighted by Gasteiger charge is 2.13. The zero-order valence-corrected chi connectivity index (χ0v) is 24.2. The van der Waals surface area contributed by atoms with E-state index in [0.717, 1.165) is 28.0 Å². The van der Waals surface area contributed by atoms with Crippen LogP contribution in [0.3, 0.4) is 0 Å². The second-order valence-electron chi connectivity index (χ2n) is 9.22. The molecule has 3 aromatic carbocycles. The molecule has 0 saturated heterocycles. The number of hydrogen-bond donors (Lipinski definition) is 3. The quantitative estimate of drug-likeness (QED) is 0.0993. The fourth-order valence-electron chi connectivity index (χ4n) is 4.20. The maximum atomic E-state index is 6.45. The van der Waals surface area contributed by atoms with Crippen molar-refractivity contribution in [3.05, 3.63) is 84.3 Å². The van der Waals surface area contributed by atoms with Gasteiger partial charge < -0.3 is 39.7 Å². The van der Waals surface area contributed by atoms with Gasteiger partial charge in [0.1, 0.15) is 31.1 Å².